The molecule has 1 fully saturated rings. The van der Waals surface area contributed by atoms with Crippen LogP contribution in [0.15, 0.2) is 24.3 Å². The average molecular weight is 393 g/mol. The lowest BCUT2D eigenvalue weighted by Crippen LogP contribution is -2.37. The largest absolute Gasteiger partial charge is 0.348 e. The molecule has 1 aromatic heterocycles. The molecule has 1 N–H and O–H groups in total. The second-order valence-electron chi connectivity index (χ2n) is 8.48. The standard InChI is InChI=1S/C23H28N4O2/c28-22(24-17-9-2-1-3-10-17)20-19-12-6-7-14-26(19)21(25-20)23(29)27-15-13-16-8-4-5-11-18(16)27/h4-5,8,11,17H,1-3,6-7,9-10,12-15H2,(H,24,28). The summed E-state index contributed by atoms with van der Waals surface area (Å²) in [5.74, 6) is 0.225. The van der Waals surface area contributed by atoms with Crippen LogP contribution in [0.2, 0.25) is 0 Å². The van der Waals surface area contributed by atoms with Crippen molar-refractivity contribution in [3.8, 4) is 0 Å². The first-order valence-electron chi connectivity index (χ1n) is 11.0. The molecule has 0 saturated heterocycles. The molecular formula is C23H28N4O2. The van der Waals surface area contributed by atoms with Gasteiger partial charge in [-0.05, 0) is 50.2 Å². The van der Waals surface area contributed by atoms with Crippen molar-refractivity contribution >= 4 is 17.5 Å². The Morgan fingerprint density at radius 1 is 0.966 bits per heavy atom. The molecule has 2 amide bonds. The molecule has 2 aliphatic heterocycles. The van der Waals surface area contributed by atoms with E-state index in [1.807, 2.05) is 27.7 Å². The maximum absolute atomic E-state index is 13.4. The van der Waals surface area contributed by atoms with Crippen LogP contribution in [0.3, 0.4) is 0 Å². The summed E-state index contributed by atoms with van der Waals surface area (Å²) in [6.45, 7) is 1.43. The molecule has 6 nitrogen and oxygen atoms in total. The number of aromatic nitrogens is 2. The van der Waals surface area contributed by atoms with Gasteiger partial charge in [0, 0.05) is 24.8 Å². The van der Waals surface area contributed by atoms with E-state index in [9.17, 15) is 9.59 Å². The van der Waals surface area contributed by atoms with Crippen LogP contribution in [0.5, 0.6) is 0 Å². The Morgan fingerprint density at radius 2 is 1.79 bits per heavy atom. The molecule has 0 unspecified atom stereocenters. The van der Waals surface area contributed by atoms with Crippen LogP contribution in [-0.2, 0) is 19.4 Å². The summed E-state index contributed by atoms with van der Waals surface area (Å²) < 4.78 is 2.00. The molecule has 0 bridgehead atoms. The number of hydrogen-bond donors (Lipinski definition) is 1. The zero-order chi connectivity index (χ0) is 19.8. The van der Waals surface area contributed by atoms with Gasteiger partial charge in [-0.3, -0.25) is 9.59 Å². The monoisotopic (exact) mass is 392 g/mol. The Labute approximate surface area is 171 Å². The molecular weight excluding hydrogens is 364 g/mol. The molecule has 1 aromatic carbocycles. The zero-order valence-electron chi connectivity index (χ0n) is 16.8. The lowest BCUT2D eigenvalue weighted by Gasteiger charge is -2.23. The van der Waals surface area contributed by atoms with Crippen LogP contribution in [-0.4, -0.2) is 34.0 Å². The predicted octanol–water partition coefficient (Wildman–Crippen LogP) is 3.48. The molecule has 0 radical (unpaired) electrons. The highest BCUT2D eigenvalue weighted by Gasteiger charge is 2.33. The average Bonchev–Trinajstić information content (AvgIpc) is 3.36. The van der Waals surface area contributed by atoms with Gasteiger partial charge in [0.25, 0.3) is 11.8 Å². The van der Waals surface area contributed by atoms with Gasteiger partial charge in [-0.1, -0.05) is 37.5 Å². The number of benzene rings is 1. The summed E-state index contributed by atoms with van der Waals surface area (Å²) in [6, 6.07) is 8.29. The van der Waals surface area contributed by atoms with Gasteiger partial charge < -0.3 is 14.8 Å². The Morgan fingerprint density at radius 3 is 2.66 bits per heavy atom. The number of imidazole rings is 1. The second-order valence-corrected chi connectivity index (χ2v) is 8.48. The number of rotatable bonds is 3. The van der Waals surface area contributed by atoms with E-state index in [2.05, 4.69) is 16.4 Å². The molecule has 2 aromatic rings. The van der Waals surface area contributed by atoms with E-state index in [4.69, 9.17) is 0 Å². The fourth-order valence-electron chi connectivity index (χ4n) is 5.06. The third kappa shape index (κ3) is 3.34. The van der Waals surface area contributed by atoms with Gasteiger partial charge in [0.05, 0.1) is 5.69 Å². The zero-order valence-corrected chi connectivity index (χ0v) is 16.8. The van der Waals surface area contributed by atoms with Gasteiger partial charge in [-0.2, -0.15) is 0 Å². The van der Waals surface area contributed by atoms with E-state index < -0.39 is 0 Å². The van der Waals surface area contributed by atoms with Crippen molar-refractivity contribution in [1.82, 2.24) is 14.9 Å². The van der Waals surface area contributed by atoms with Gasteiger partial charge in [0.1, 0.15) is 5.69 Å². The van der Waals surface area contributed by atoms with Gasteiger partial charge in [0.2, 0.25) is 5.82 Å². The topological polar surface area (TPSA) is 67.2 Å². The number of anilines is 1. The SMILES string of the molecule is O=C(NC1CCCCC1)c1nc(C(=O)N2CCc3ccccc32)n2c1CCCC2. The summed E-state index contributed by atoms with van der Waals surface area (Å²) in [4.78, 5) is 32.9. The van der Waals surface area contributed by atoms with Crippen LogP contribution in [0, 0.1) is 0 Å². The smallest absolute Gasteiger partial charge is 0.294 e. The minimum absolute atomic E-state index is 0.0881. The number of hydrogen-bond acceptors (Lipinski definition) is 3. The number of amides is 2. The highest BCUT2D eigenvalue weighted by atomic mass is 16.2. The van der Waals surface area contributed by atoms with Crippen LogP contribution >= 0.6 is 0 Å². The van der Waals surface area contributed by atoms with Crippen molar-refractivity contribution in [2.45, 2.75) is 70.4 Å². The van der Waals surface area contributed by atoms with Crippen molar-refractivity contribution in [1.29, 1.82) is 0 Å². The van der Waals surface area contributed by atoms with E-state index >= 15 is 0 Å². The molecule has 152 valence electrons. The number of fused-ring (bicyclic) bond motifs is 2. The Kier molecular flexibility index (Phi) is 4.86. The van der Waals surface area contributed by atoms with Crippen molar-refractivity contribution in [3.05, 3.63) is 47.0 Å². The van der Waals surface area contributed by atoms with Crippen LogP contribution in [0.4, 0.5) is 5.69 Å². The fourth-order valence-corrected chi connectivity index (χ4v) is 5.06. The van der Waals surface area contributed by atoms with Crippen LogP contribution < -0.4 is 10.2 Å². The van der Waals surface area contributed by atoms with Crippen LogP contribution in [0.1, 0.15) is 77.3 Å². The Hall–Kier alpha value is -2.63. The maximum Gasteiger partial charge on any atom is 0.294 e. The minimum Gasteiger partial charge on any atom is -0.348 e. The number of carbonyl (C=O) groups is 2. The molecule has 0 atom stereocenters. The molecule has 0 spiro atoms. The Bertz CT molecular complexity index is 942. The minimum atomic E-state index is -0.108. The summed E-state index contributed by atoms with van der Waals surface area (Å²) in [7, 11) is 0. The van der Waals surface area contributed by atoms with Crippen LogP contribution in [0.25, 0.3) is 0 Å². The quantitative estimate of drug-likeness (QED) is 0.870. The molecule has 1 aliphatic carbocycles. The molecule has 3 aliphatic rings. The molecule has 29 heavy (non-hydrogen) atoms. The molecule has 5 rings (SSSR count). The third-order valence-corrected chi connectivity index (χ3v) is 6.60. The highest BCUT2D eigenvalue weighted by molar-refractivity contribution is 6.06. The van der Waals surface area contributed by atoms with Crippen molar-refractivity contribution in [3.63, 3.8) is 0 Å². The number of carbonyl (C=O) groups excluding carboxylic acids is 2. The van der Waals surface area contributed by atoms with E-state index in [1.165, 1.54) is 24.8 Å². The maximum atomic E-state index is 13.4. The third-order valence-electron chi connectivity index (χ3n) is 6.60. The fraction of sp³-hybridized carbons (Fsp3) is 0.522. The number of para-hydroxylation sites is 1. The van der Waals surface area contributed by atoms with Gasteiger partial charge >= 0.3 is 0 Å². The number of nitrogens with one attached hydrogen (secondary N) is 1. The van der Waals surface area contributed by atoms with Gasteiger partial charge in [0.15, 0.2) is 0 Å². The first-order chi connectivity index (χ1) is 14.2. The summed E-state index contributed by atoms with van der Waals surface area (Å²) in [5.41, 5.74) is 3.56. The first kappa shape index (κ1) is 18.4. The lowest BCUT2D eigenvalue weighted by molar-refractivity contribution is 0.0921. The van der Waals surface area contributed by atoms with E-state index in [0.717, 1.165) is 56.5 Å². The van der Waals surface area contributed by atoms with Crippen molar-refractivity contribution < 1.29 is 9.59 Å². The lowest BCUT2D eigenvalue weighted by atomic mass is 9.95. The predicted molar refractivity (Wildman–Crippen MR) is 111 cm³/mol. The summed E-state index contributed by atoms with van der Waals surface area (Å²) in [6.07, 6.45) is 9.40. The Balaban J connectivity index is 1.45. The van der Waals surface area contributed by atoms with E-state index in [-0.39, 0.29) is 17.9 Å². The summed E-state index contributed by atoms with van der Waals surface area (Å²) in [5, 5.41) is 3.18. The van der Waals surface area contributed by atoms with Crippen molar-refractivity contribution in [2.24, 2.45) is 0 Å². The second kappa shape index (κ2) is 7.65. The van der Waals surface area contributed by atoms with Gasteiger partial charge in [-0.15, -0.1) is 0 Å². The van der Waals surface area contributed by atoms with E-state index in [0.29, 0.717) is 18.1 Å². The highest BCUT2D eigenvalue weighted by Crippen LogP contribution is 2.30. The summed E-state index contributed by atoms with van der Waals surface area (Å²) >= 11 is 0. The first-order valence-corrected chi connectivity index (χ1v) is 11.0. The molecule has 6 heteroatoms. The normalized spacial score (nSPS) is 19.0. The van der Waals surface area contributed by atoms with Gasteiger partial charge in [-0.25, -0.2) is 4.98 Å². The van der Waals surface area contributed by atoms with Crippen molar-refractivity contribution in [2.75, 3.05) is 11.4 Å². The molecule has 1 saturated carbocycles. The van der Waals surface area contributed by atoms with E-state index in [1.54, 1.807) is 0 Å². The molecule has 3 heterocycles. The number of nitrogens with zero attached hydrogens (tertiary/aromatic N) is 3.